The fourth-order valence-corrected chi connectivity index (χ4v) is 4.26. The normalized spacial score (nSPS) is 11.8. The molecule has 0 aliphatic rings. The van der Waals surface area contributed by atoms with E-state index in [1.54, 1.807) is 0 Å². The number of carbonyl (C=O) groups excluding carboxylic acids is 1. The maximum Gasteiger partial charge on any atom is 0.333 e. The minimum absolute atomic E-state index is 0.116. The number of unbranched alkanes of at least 4 members (excludes halogenated alkanes) is 21. The zero-order valence-electron chi connectivity index (χ0n) is 22.4. The van der Waals surface area contributed by atoms with E-state index in [0.29, 0.717) is 6.61 Å². The Balaban J connectivity index is 3.33. The maximum atomic E-state index is 12.0. The summed E-state index contributed by atoms with van der Waals surface area (Å²) in [5.74, 6) is -0.116. The lowest BCUT2D eigenvalue weighted by molar-refractivity contribution is -0.139. The Labute approximate surface area is 202 Å². The van der Waals surface area contributed by atoms with Gasteiger partial charge in [-0.2, -0.15) is 0 Å². The molecule has 190 valence electrons. The highest BCUT2D eigenvalue weighted by Crippen LogP contribution is 2.14. The first-order valence-electron chi connectivity index (χ1n) is 14.6. The Hall–Kier alpha value is -0.790. The van der Waals surface area contributed by atoms with E-state index in [9.17, 15) is 4.79 Å². The smallest absolute Gasteiger partial charge is 0.333 e. The molecule has 0 unspecified atom stereocenters. The molecule has 0 fully saturated rings. The third-order valence-electron chi connectivity index (χ3n) is 6.56. The zero-order chi connectivity index (χ0) is 23.5. The summed E-state index contributed by atoms with van der Waals surface area (Å²) in [6.45, 7) is 7.00. The largest absolute Gasteiger partial charge is 0.462 e. The van der Waals surface area contributed by atoms with Gasteiger partial charge in [-0.25, -0.2) is 4.79 Å². The lowest BCUT2D eigenvalue weighted by atomic mass is 10.0. The molecule has 0 amide bonds. The Morgan fingerprint density at radius 3 is 1.28 bits per heavy atom. The number of esters is 1. The molecule has 2 heteroatoms. The van der Waals surface area contributed by atoms with Crippen LogP contribution < -0.4 is 0 Å². The van der Waals surface area contributed by atoms with Crippen molar-refractivity contribution in [2.45, 2.75) is 168 Å². The first-order chi connectivity index (χ1) is 15.7. The minimum atomic E-state index is -0.116. The van der Waals surface area contributed by atoms with Crippen molar-refractivity contribution in [3.05, 3.63) is 11.6 Å². The number of carbonyl (C=O) groups is 1. The van der Waals surface area contributed by atoms with E-state index < -0.39 is 0 Å². The molecule has 0 spiro atoms. The molecule has 0 radical (unpaired) electrons. The number of hydrogen-bond donors (Lipinski definition) is 0. The van der Waals surface area contributed by atoms with Crippen molar-refractivity contribution in [1.29, 1.82) is 0 Å². The molecule has 0 aromatic rings. The third kappa shape index (κ3) is 23.9. The van der Waals surface area contributed by atoms with E-state index in [4.69, 9.17) is 4.74 Å². The quantitative estimate of drug-likeness (QED) is 0.0785. The first-order valence-corrected chi connectivity index (χ1v) is 14.6. The molecule has 0 bridgehead atoms. The van der Waals surface area contributed by atoms with Crippen molar-refractivity contribution < 1.29 is 9.53 Å². The average Bonchev–Trinajstić information content (AvgIpc) is 2.80. The molecule has 2 nitrogen and oxygen atoms in total. The van der Waals surface area contributed by atoms with Crippen LogP contribution in [0.5, 0.6) is 0 Å². The predicted molar refractivity (Wildman–Crippen MR) is 142 cm³/mol. The molecule has 32 heavy (non-hydrogen) atoms. The summed E-state index contributed by atoms with van der Waals surface area (Å²) in [5.41, 5.74) is 0.789. The summed E-state index contributed by atoms with van der Waals surface area (Å²) in [6, 6.07) is 0. The Morgan fingerprint density at radius 2 is 0.875 bits per heavy atom. The monoisotopic (exact) mass is 450 g/mol. The van der Waals surface area contributed by atoms with Gasteiger partial charge in [0.25, 0.3) is 0 Å². The molecule has 0 saturated carbocycles. The molecule has 0 N–H and O–H groups in total. The molecule has 0 rings (SSSR count). The van der Waals surface area contributed by atoms with Crippen LogP contribution in [0, 0.1) is 0 Å². The van der Waals surface area contributed by atoms with Gasteiger partial charge in [-0.15, -0.1) is 0 Å². The number of rotatable bonds is 25. The van der Waals surface area contributed by atoms with Gasteiger partial charge in [0.05, 0.1) is 6.61 Å². The van der Waals surface area contributed by atoms with Crippen LogP contribution in [-0.4, -0.2) is 12.6 Å². The maximum absolute atomic E-state index is 12.0. The summed E-state index contributed by atoms with van der Waals surface area (Å²) >= 11 is 0. The van der Waals surface area contributed by atoms with Crippen molar-refractivity contribution in [2.24, 2.45) is 0 Å². The van der Waals surface area contributed by atoms with Crippen LogP contribution in [0.15, 0.2) is 11.6 Å². The van der Waals surface area contributed by atoms with E-state index in [2.05, 4.69) is 19.9 Å². The second-order valence-corrected chi connectivity index (χ2v) is 9.88. The molecule has 0 heterocycles. The summed E-state index contributed by atoms with van der Waals surface area (Å²) in [6.07, 6.45) is 32.8. The molecular formula is C30H58O2. The van der Waals surface area contributed by atoms with E-state index in [1.807, 2.05) is 6.92 Å². The van der Waals surface area contributed by atoms with E-state index in [1.165, 1.54) is 135 Å². The Bertz CT molecular complexity index is 413. The van der Waals surface area contributed by atoms with Gasteiger partial charge in [-0.1, -0.05) is 148 Å². The van der Waals surface area contributed by atoms with Crippen molar-refractivity contribution in [3.8, 4) is 0 Å². The van der Waals surface area contributed by atoms with E-state index in [-0.39, 0.29) is 5.97 Å². The van der Waals surface area contributed by atoms with Crippen molar-refractivity contribution >= 4 is 5.97 Å². The molecule has 0 atom stereocenters. The van der Waals surface area contributed by atoms with Gasteiger partial charge in [0.2, 0.25) is 0 Å². The van der Waals surface area contributed by atoms with Crippen LogP contribution in [-0.2, 0) is 9.53 Å². The minimum Gasteiger partial charge on any atom is -0.462 e. The standard InChI is InChI=1S/C30H58O2/c1-4-6-8-10-12-13-14-15-16-17-18-19-20-21-22-23-25-27-29(3)30(31)32-28-26-24-11-9-7-5-2/h27H,4-26,28H2,1-3H3. The summed E-state index contributed by atoms with van der Waals surface area (Å²) in [4.78, 5) is 12.0. The van der Waals surface area contributed by atoms with Gasteiger partial charge in [-0.05, 0) is 26.2 Å². The number of ether oxygens (including phenoxy) is 1. The Morgan fingerprint density at radius 1 is 0.531 bits per heavy atom. The lowest BCUT2D eigenvalue weighted by Crippen LogP contribution is -2.07. The van der Waals surface area contributed by atoms with Gasteiger partial charge < -0.3 is 4.74 Å². The SMILES string of the molecule is CCCCCCCCCCCCCCCCCCC=C(C)C(=O)OCCCCCCCC. The molecule has 0 aliphatic carbocycles. The summed E-state index contributed by atoms with van der Waals surface area (Å²) in [5, 5.41) is 0. The topological polar surface area (TPSA) is 26.3 Å². The lowest BCUT2D eigenvalue weighted by Gasteiger charge is -2.05. The predicted octanol–water partition coefficient (Wildman–Crippen LogP) is 10.5. The molecule has 0 aromatic carbocycles. The Kier molecular flexibility index (Phi) is 25.8. The number of allylic oxidation sites excluding steroid dienone is 1. The second kappa shape index (κ2) is 26.5. The fraction of sp³-hybridized carbons (Fsp3) is 0.900. The van der Waals surface area contributed by atoms with Gasteiger partial charge in [0.1, 0.15) is 0 Å². The van der Waals surface area contributed by atoms with Crippen LogP contribution in [0.2, 0.25) is 0 Å². The average molecular weight is 451 g/mol. The highest BCUT2D eigenvalue weighted by atomic mass is 16.5. The van der Waals surface area contributed by atoms with Crippen molar-refractivity contribution in [1.82, 2.24) is 0 Å². The first kappa shape index (κ1) is 31.2. The van der Waals surface area contributed by atoms with Gasteiger partial charge in [0, 0.05) is 5.57 Å². The molecule has 0 aliphatic heterocycles. The molecule has 0 saturated heterocycles. The fourth-order valence-electron chi connectivity index (χ4n) is 4.26. The van der Waals surface area contributed by atoms with Crippen molar-refractivity contribution in [3.63, 3.8) is 0 Å². The van der Waals surface area contributed by atoms with Crippen LogP contribution in [0.3, 0.4) is 0 Å². The van der Waals surface area contributed by atoms with Crippen molar-refractivity contribution in [2.75, 3.05) is 6.61 Å². The highest BCUT2D eigenvalue weighted by molar-refractivity contribution is 5.87. The highest BCUT2D eigenvalue weighted by Gasteiger charge is 2.04. The molecule has 0 aromatic heterocycles. The van der Waals surface area contributed by atoms with E-state index >= 15 is 0 Å². The third-order valence-corrected chi connectivity index (χ3v) is 6.56. The van der Waals surface area contributed by atoms with Gasteiger partial charge >= 0.3 is 5.97 Å². The van der Waals surface area contributed by atoms with Gasteiger partial charge in [0.15, 0.2) is 0 Å². The van der Waals surface area contributed by atoms with Crippen LogP contribution in [0.4, 0.5) is 0 Å². The molecular weight excluding hydrogens is 392 g/mol. The van der Waals surface area contributed by atoms with Crippen LogP contribution in [0.25, 0.3) is 0 Å². The summed E-state index contributed by atoms with van der Waals surface area (Å²) < 4.78 is 5.39. The van der Waals surface area contributed by atoms with E-state index in [0.717, 1.165) is 18.4 Å². The summed E-state index contributed by atoms with van der Waals surface area (Å²) in [7, 11) is 0. The second-order valence-electron chi connectivity index (χ2n) is 9.88. The van der Waals surface area contributed by atoms with Crippen LogP contribution >= 0.6 is 0 Å². The number of hydrogen-bond acceptors (Lipinski definition) is 2. The zero-order valence-corrected chi connectivity index (χ0v) is 22.4. The van der Waals surface area contributed by atoms with Gasteiger partial charge in [-0.3, -0.25) is 0 Å². The van der Waals surface area contributed by atoms with Crippen LogP contribution in [0.1, 0.15) is 168 Å².